The topological polar surface area (TPSA) is 66.6 Å². The highest BCUT2D eigenvalue weighted by molar-refractivity contribution is 6.31. The summed E-state index contributed by atoms with van der Waals surface area (Å²) in [7, 11) is 0. The number of furan rings is 1. The minimum Gasteiger partial charge on any atom is -0.455 e. The van der Waals surface area contributed by atoms with Gasteiger partial charge in [0.1, 0.15) is 25.4 Å². The predicted octanol–water partition coefficient (Wildman–Crippen LogP) is 0.528. The van der Waals surface area contributed by atoms with E-state index in [9.17, 15) is 0 Å². The SMILES string of the molecule is Cc1ccc(-c2ccc(C[NH2+]CC[NH2+]CCO)o2)cc1Cl. The highest BCUT2D eigenvalue weighted by Gasteiger charge is 2.07. The minimum absolute atomic E-state index is 0.237. The van der Waals surface area contributed by atoms with Gasteiger partial charge in [-0.25, -0.2) is 0 Å². The summed E-state index contributed by atoms with van der Waals surface area (Å²) in [6.45, 7) is 5.83. The molecule has 0 atom stereocenters. The van der Waals surface area contributed by atoms with E-state index in [1.807, 2.05) is 37.3 Å². The third-order valence-corrected chi connectivity index (χ3v) is 3.78. The molecule has 5 N–H and O–H groups in total. The van der Waals surface area contributed by atoms with Crippen molar-refractivity contribution in [2.75, 3.05) is 26.2 Å². The number of quaternary nitrogens is 2. The second-order valence-electron chi connectivity index (χ2n) is 5.10. The van der Waals surface area contributed by atoms with Crippen molar-refractivity contribution in [3.63, 3.8) is 0 Å². The summed E-state index contributed by atoms with van der Waals surface area (Å²) < 4.78 is 5.85. The van der Waals surface area contributed by atoms with E-state index in [2.05, 4.69) is 10.6 Å². The lowest BCUT2D eigenvalue weighted by molar-refractivity contribution is -0.732. The molecular weight excluding hydrogens is 288 g/mol. The van der Waals surface area contributed by atoms with Gasteiger partial charge >= 0.3 is 0 Å². The van der Waals surface area contributed by atoms with Crippen LogP contribution in [-0.2, 0) is 6.54 Å². The Bertz CT molecular complexity index is 569. The number of hydrogen-bond donors (Lipinski definition) is 3. The normalized spacial score (nSPS) is 11.0. The van der Waals surface area contributed by atoms with E-state index in [0.29, 0.717) is 0 Å². The summed E-state index contributed by atoms with van der Waals surface area (Å²) in [5.41, 5.74) is 2.08. The highest BCUT2D eigenvalue weighted by atomic mass is 35.5. The van der Waals surface area contributed by atoms with Crippen LogP contribution in [0.4, 0.5) is 0 Å². The Morgan fingerprint density at radius 2 is 1.90 bits per heavy atom. The zero-order valence-corrected chi connectivity index (χ0v) is 13.1. The first-order valence-electron chi connectivity index (χ1n) is 7.30. The summed E-state index contributed by atoms with van der Waals surface area (Å²) in [6, 6.07) is 9.96. The maximum atomic E-state index is 8.68. The van der Waals surface area contributed by atoms with Gasteiger partial charge in [0.25, 0.3) is 0 Å². The Morgan fingerprint density at radius 1 is 1.10 bits per heavy atom. The van der Waals surface area contributed by atoms with Gasteiger partial charge in [0, 0.05) is 10.6 Å². The number of halogens is 1. The van der Waals surface area contributed by atoms with E-state index in [1.54, 1.807) is 0 Å². The summed E-state index contributed by atoms with van der Waals surface area (Å²) in [5.74, 6) is 1.82. The number of rotatable bonds is 8. The Balaban J connectivity index is 1.85. The van der Waals surface area contributed by atoms with E-state index in [-0.39, 0.29) is 6.61 Å². The lowest BCUT2D eigenvalue weighted by Gasteiger charge is -2.01. The molecule has 21 heavy (non-hydrogen) atoms. The van der Waals surface area contributed by atoms with Crippen LogP contribution in [0.1, 0.15) is 11.3 Å². The van der Waals surface area contributed by atoms with Crippen molar-refractivity contribution in [2.45, 2.75) is 13.5 Å². The molecule has 0 fully saturated rings. The van der Waals surface area contributed by atoms with E-state index in [1.165, 1.54) is 0 Å². The van der Waals surface area contributed by atoms with Crippen molar-refractivity contribution >= 4 is 11.6 Å². The fraction of sp³-hybridized carbons (Fsp3) is 0.375. The smallest absolute Gasteiger partial charge is 0.158 e. The molecule has 0 aliphatic heterocycles. The molecular formula is C16H23ClN2O2+2. The number of aliphatic hydroxyl groups is 1. The molecule has 0 spiro atoms. The average Bonchev–Trinajstić information content (AvgIpc) is 2.94. The molecule has 0 amide bonds. The Labute approximate surface area is 130 Å². The van der Waals surface area contributed by atoms with Gasteiger partial charge in [0.2, 0.25) is 0 Å². The van der Waals surface area contributed by atoms with E-state index in [4.69, 9.17) is 21.1 Å². The zero-order chi connectivity index (χ0) is 15.1. The maximum Gasteiger partial charge on any atom is 0.158 e. The molecule has 0 aliphatic carbocycles. The molecule has 0 bridgehead atoms. The predicted molar refractivity (Wildman–Crippen MR) is 83.1 cm³/mol. The van der Waals surface area contributed by atoms with Crippen molar-refractivity contribution < 1.29 is 20.2 Å². The summed E-state index contributed by atoms with van der Waals surface area (Å²) in [6.07, 6.45) is 0. The Hall–Kier alpha value is -1.33. The van der Waals surface area contributed by atoms with Crippen LogP contribution in [-0.4, -0.2) is 31.3 Å². The van der Waals surface area contributed by atoms with Gasteiger partial charge in [-0.1, -0.05) is 23.7 Å². The van der Waals surface area contributed by atoms with Gasteiger partial charge in [0.05, 0.1) is 13.2 Å². The molecule has 1 heterocycles. The third-order valence-electron chi connectivity index (χ3n) is 3.37. The summed E-state index contributed by atoms with van der Waals surface area (Å²) in [5, 5.41) is 13.8. The summed E-state index contributed by atoms with van der Waals surface area (Å²) >= 11 is 6.15. The van der Waals surface area contributed by atoms with Crippen molar-refractivity contribution in [2.24, 2.45) is 0 Å². The highest BCUT2D eigenvalue weighted by Crippen LogP contribution is 2.26. The maximum absolute atomic E-state index is 8.68. The van der Waals surface area contributed by atoms with Gasteiger partial charge in [-0.05, 0) is 30.7 Å². The van der Waals surface area contributed by atoms with E-state index >= 15 is 0 Å². The van der Waals surface area contributed by atoms with Crippen molar-refractivity contribution in [3.8, 4) is 11.3 Å². The first kappa shape index (κ1) is 16.0. The molecule has 0 aliphatic rings. The van der Waals surface area contributed by atoms with Crippen LogP contribution in [0.25, 0.3) is 11.3 Å². The van der Waals surface area contributed by atoms with Gasteiger partial charge in [-0.3, -0.25) is 0 Å². The van der Waals surface area contributed by atoms with Gasteiger partial charge in [0.15, 0.2) is 5.76 Å². The molecule has 4 nitrogen and oxygen atoms in total. The molecule has 0 saturated carbocycles. The van der Waals surface area contributed by atoms with Crippen LogP contribution in [0.2, 0.25) is 5.02 Å². The Kier molecular flexibility index (Phi) is 6.26. The fourth-order valence-corrected chi connectivity index (χ4v) is 2.29. The quantitative estimate of drug-likeness (QED) is 0.623. The average molecular weight is 311 g/mol. The molecule has 1 aromatic carbocycles. The lowest BCUT2D eigenvalue weighted by atomic mass is 10.1. The molecule has 1 aromatic heterocycles. The number of aryl methyl sites for hydroxylation is 1. The molecule has 114 valence electrons. The van der Waals surface area contributed by atoms with Crippen LogP contribution in [0.5, 0.6) is 0 Å². The summed E-state index contributed by atoms with van der Waals surface area (Å²) in [4.78, 5) is 0. The van der Waals surface area contributed by atoms with E-state index in [0.717, 1.165) is 53.8 Å². The molecule has 0 unspecified atom stereocenters. The molecule has 0 saturated heterocycles. The lowest BCUT2D eigenvalue weighted by Crippen LogP contribution is -2.94. The van der Waals surface area contributed by atoms with Crippen LogP contribution < -0.4 is 10.6 Å². The second-order valence-corrected chi connectivity index (χ2v) is 5.51. The molecule has 0 radical (unpaired) electrons. The van der Waals surface area contributed by atoms with Crippen molar-refractivity contribution in [1.82, 2.24) is 0 Å². The Morgan fingerprint density at radius 3 is 2.67 bits per heavy atom. The standard InChI is InChI=1S/C16H21ClN2O2/c1-12-2-3-13(10-15(12)17)16-5-4-14(21-16)11-19-7-6-18-8-9-20/h2-5,10,18-20H,6-9,11H2,1H3/p+2. The van der Waals surface area contributed by atoms with Gasteiger partial charge in [-0.2, -0.15) is 0 Å². The zero-order valence-electron chi connectivity index (χ0n) is 12.3. The molecule has 2 rings (SSSR count). The monoisotopic (exact) mass is 310 g/mol. The second kappa shape index (κ2) is 8.20. The van der Waals surface area contributed by atoms with Gasteiger partial charge in [-0.15, -0.1) is 0 Å². The molecule has 5 heteroatoms. The van der Waals surface area contributed by atoms with Crippen molar-refractivity contribution in [1.29, 1.82) is 0 Å². The first-order chi connectivity index (χ1) is 10.2. The van der Waals surface area contributed by atoms with Crippen molar-refractivity contribution in [3.05, 3.63) is 46.7 Å². The number of nitrogens with two attached hydrogens (primary N) is 2. The van der Waals surface area contributed by atoms with Gasteiger partial charge < -0.3 is 20.2 Å². The van der Waals surface area contributed by atoms with Crippen LogP contribution >= 0.6 is 11.6 Å². The largest absolute Gasteiger partial charge is 0.455 e. The number of aliphatic hydroxyl groups excluding tert-OH is 1. The minimum atomic E-state index is 0.237. The van der Waals surface area contributed by atoms with E-state index < -0.39 is 0 Å². The molecule has 2 aromatic rings. The number of benzene rings is 1. The fourth-order valence-electron chi connectivity index (χ4n) is 2.10. The van der Waals surface area contributed by atoms with Crippen LogP contribution in [0.3, 0.4) is 0 Å². The third kappa shape index (κ3) is 4.86. The van der Waals surface area contributed by atoms with Crippen LogP contribution in [0, 0.1) is 6.92 Å². The first-order valence-corrected chi connectivity index (χ1v) is 7.68. The number of hydrogen-bond acceptors (Lipinski definition) is 2. The van der Waals surface area contributed by atoms with Crippen LogP contribution in [0.15, 0.2) is 34.7 Å².